The summed E-state index contributed by atoms with van der Waals surface area (Å²) in [5.74, 6) is 0.625. The Kier molecular flexibility index (Phi) is 5.19. The van der Waals surface area contributed by atoms with Crippen molar-refractivity contribution in [1.82, 2.24) is 0 Å². The van der Waals surface area contributed by atoms with Gasteiger partial charge in [-0.25, -0.2) is 4.79 Å². The summed E-state index contributed by atoms with van der Waals surface area (Å²) >= 11 is 6.17. The van der Waals surface area contributed by atoms with Crippen LogP contribution in [0.1, 0.15) is 19.4 Å². The second kappa shape index (κ2) is 7.54. The van der Waals surface area contributed by atoms with Gasteiger partial charge in [-0.3, -0.25) is 0 Å². The maximum absolute atomic E-state index is 12.6. The summed E-state index contributed by atoms with van der Waals surface area (Å²) in [5, 5.41) is 9.15. The van der Waals surface area contributed by atoms with Gasteiger partial charge in [0, 0.05) is 6.07 Å². The number of rotatable bonds is 4. The van der Waals surface area contributed by atoms with Gasteiger partial charge >= 0.3 is 5.97 Å². The molecule has 0 bridgehead atoms. The van der Waals surface area contributed by atoms with E-state index >= 15 is 0 Å². The molecule has 0 fully saturated rings. The fourth-order valence-electron chi connectivity index (χ4n) is 2.53. The lowest BCUT2D eigenvalue weighted by atomic mass is 10.1. The normalized spacial score (nSPS) is 17.9. The van der Waals surface area contributed by atoms with Crippen molar-refractivity contribution < 1.29 is 23.7 Å². The highest BCUT2D eigenvalue weighted by Crippen LogP contribution is 2.38. The van der Waals surface area contributed by atoms with Crippen molar-refractivity contribution >= 4 is 17.6 Å². The van der Waals surface area contributed by atoms with Gasteiger partial charge in [0.25, 0.3) is 0 Å². The first kappa shape index (κ1) is 17.9. The van der Waals surface area contributed by atoms with Crippen molar-refractivity contribution in [3.05, 3.63) is 47.0 Å². The van der Waals surface area contributed by atoms with Crippen LogP contribution in [0.4, 0.5) is 0 Å². The number of nitriles is 1. The minimum Gasteiger partial charge on any atom is -0.490 e. The number of hydrogen-bond acceptors (Lipinski definition) is 6. The van der Waals surface area contributed by atoms with Crippen LogP contribution in [0.15, 0.2) is 36.4 Å². The molecule has 0 aromatic heterocycles. The highest BCUT2D eigenvalue weighted by molar-refractivity contribution is 6.32. The summed E-state index contributed by atoms with van der Waals surface area (Å²) in [5.41, 5.74) is 0.304. The van der Waals surface area contributed by atoms with E-state index in [-0.39, 0.29) is 16.5 Å². The van der Waals surface area contributed by atoms with Gasteiger partial charge in [0.05, 0.1) is 23.3 Å². The molecule has 0 saturated carbocycles. The number of para-hydroxylation sites is 2. The predicted octanol–water partition coefficient (Wildman–Crippen LogP) is 3.74. The molecule has 0 spiro atoms. The Hall–Kier alpha value is -2.91. The lowest BCUT2D eigenvalue weighted by Crippen LogP contribution is -2.45. The Morgan fingerprint density at radius 3 is 2.62 bits per heavy atom. The quantitative estimate of drug-likeness (QED) is 0.600. The van der Waals surface area contributed by atoms with Crippen LogP contribution in [0.25, 0.3) is 0 Å². The monoisotopic (exact) mass is 373 g/mol. The number of carbonyl (C=O) groups is 1. The molecular weight excluding hydrogens is 358 g/mol. The molecule has 6 nitrogen and oxygen atoms in total. The Bertz CT molecular complexity index is 877. The number of fused-ring (bicyclic) bond motifs is 1. The molecule has 7 heteroatoms. The number of carbonyl (C=O) groups excluding carboxylic acids is 1. The number of nitrogens with zero attached hydrogens (tertiary/aromatic N) is 1. The number of esters is 1. The average Bonchev–Trinajstić information content (AvgIpc) is 2.63. The molecule has 0 aliphatic carbocycles. The van der Waals surface area contributed by atoms with Crippen LogP contribution in [-0.2, 0) is 4.79 Å². The largest absolute Gasteiger partial charge is 0.490 e. The molecule has 0 radical (unpaired) electrons. The van der Waals surface area contributed by atoms with Crippen LogP contribution in [0, 0.1) is 11.3 Å². The van der Waals surface area contributed by atoms with Gasteiger partial charge in [0.15, 0.2) is 23.0 Å². The Morgan fingerprint density at radius 1 is 1.27 bits per heavy atom. The standard InChI is InChI=1S/C19H16ClNO5/c1-3-23-16-9-12(10-21)8-13(20)18(16)26-19(22)17-11(2)24-14-6-4-5-7-15(14)25-17/h4-9,11,17H,3H2,1-2H3. The van der Waals surface area contributed by atoms with E-state index in [1.807, 2.05) is 12.1 Å². The number of hydrogen-bond donors (Lipinski definition) is 0. The zero-order valence-corrected chi connectivity index (χ0v) is 14.9. The molecule has 2 atom stereocenters. The smallest absolute Gasteiger partial charge is 0.356 e. The SMILES string of the molecule is CCOc1cc(C#N)cc(Cl)c1OC(=O)C1Oc2ccccc2OC1C. The molecule has 2 unspecified atom stereocenters. The molecule has 1 heterocycles. The summed E-state index contributed by atoms with van der Waals surface area (Å²) in [7, 11) is 0. The van der Waals surface area contributed by atoms with Crippen LogP contribution in [-0.4, -0.2) is 24.8 Å². The van der Waals surface area contributed by atoms with Crippen LogP contribution in [0.2, 0.25) is 5.02 Å². The lowest BCUT2D eigenvalue weighted by molar-refractivity contribution is -0.148. The van der Waals surface area contributed by atoms with Gasteiger partial charge in [-0.1, -0.05) is 23.7 Å². The van der Waals surface area contributed by atoms with Crippen molar-refractivity contribution in [2.45, 2.75) is 26.1 Å². The van der Waals surface area contributed by atoms with E-state index in [9.17, 15) is 4.79 Å². The molecule has 2 aromatic rings. The fraction of sp³-hybridized carbons (Fsp3) is 0.263. The predicted molar refractivity (Wildman–Crippen MR) is 93.9 cm³/mol. The van der Waals surface area contributed by atoms with Gasteiger partial charge in [-0.2, -0.15) is 5.26 Å². The van der Waals surface area contributed by atoms with Crippen molar-refractivity contribution in [3.8, 4) is 29.1 Å². The zero-order valence-electron chi connectivity index (χ0n) is 14.2. The topological polar surface area (TPSA) is 77.8 Å². The van der Waals surface area contributed by atoms with Crippen LogP contribution in [0.3, 0.4) is 0 Å². The Balaban J connectivity index is 1.85. The first-order chi connectivity index (χ1) is 12.5. The summed E-state index contributed by atoms with van der Waals surface area (Å²) in [6.45, 7) is 3.81. The minimum absolute atomic E-state index is 0.0483. The third kappa shape index (κ3) is 3.53. The molecule has 0 N–H and O–H groups in total. The van der Waals surface area contributed by atoms with Gasteiger partial charge < -0.3 is 18.9 Å². The minimum atomic E-state index is -0.967. The summed E-state index contributed by atoms with van der Waals surface area (Å²) < 4.78 is 22.3. The maximum Gasteiger partial charge on any atom is 0.356 e. The molecule has 0 saturated heterocycles. The highest BCUT2D eigenvalue weighted by atomic mass is 35.5. The van der Waals surface area contributed by atoms with Gasteiger partial charge in [-0.15, -0.1) is 0 Å². The molecule has 0 amide bonds. The van der Waals surface area contributed by atoms with E-state index in [1.54, 1.807) is 32.0 Å². The van der Waals surface area contributed by atoms with E-state index in [0.29, 0.717) is 23.7 Å². The first-order valence-corrected chi connectivity index (χ1v) is 8.41. The molecule has 2 aromatic carbocycles. The maximum atomic E-state index is 12.6. The van der Waals surface area contributed by atoms with Crippen molar-refractivity contribution in [2.24, 2.45) is 0 Å². The number of ether oxygens (including phenoxy) is 4. The zero-order chi connectivity index (χ0) is 18.7. The van der Waals surface area contributed by atoms with Crippen LogP contribution in [0.5, 0.6) is 23.0 Å². The molecule has 134 valence electrons. The summed E-state index contributed by atoms with van der Waals surface area (Å²) in [6, 6.07) is 11.9. The van der Waals surface area contributed by atoms with E-state index in [1.165, 1.54) is 12.1 Å². The van der Waals surface area contributed by atoms with E-state index in [0.717, 1.165) is 0 Å². The molecular formula is C19H16ClNO5. The molecule has 3 rings (SSSR count). The lowest BCUT2D eigenvalue weighted by Gasteiger charge is -2.30. The highest BCUT2D eigenvalue weighted by Gasteiger charge is 2.36. The third-order valence-electron chi connectivity index (χ3n) is 3.72. The summed E-state index contributed by atoms with van der Waals surface area (Å²) in [6.07, 6.45) is -1.52. The second-order valence-corrected chi connectivity index (χ2v) is 5.97. The van der Waals surface area contributed by atoms with Crippen molar-refractivity contribution in [3.63, 3.8) is 0 Å². The van der Waals surface area contributed by atoms with Gasteiger partial charge in [-0.05, 0) is 32.0 Å². The number of halogens is 1. The van der Waals surface area contributed by atoms with E-state index < -0.39 is 18.2 Å². The van der Waals surface area contributed by atoms with Crippen molar-refractivity contribution in [1.29, 1.82) is 5.26 Å². The van der Waals surface area contributed by atoms with E-state index in [2.05, 4.69) is 0 Å². The molecule has 1 aliphatic heterocycles. The van der Waals surface area contributed by atoms with E-state index in [4.69, 9.17) is 35.8 Å². The fourth-order valence-corrected chi connectivity index (χ4v) is 2.78. The Morgan fingerprint density at radius 2 is 1.96 bits per heavy atom. The second-order valence-electron chi connectivity index (χ2n) is 5.56. The van der Waals surface area contributed by atoms with Gasteiger partial charge in [0.1, 0.15) is 6.10 Å². The first-order valence-electron chi connectivity index (χ1n) is 8.04. The van der Waals surface area contributed by atoms with Crippen molar-refractivity contribution in [2.75, 3.05) is 6.61 Å². The molecule has 1 aliphatic rings. The van der Waals surface area contributed by atoms with Crippen LogP contribution < -0.4 is 18.9 Å². The van der Waals surface area contributed by atoms with Gasteiger partial charge in [0.2, 0.25) is 6.10 Å². The average molecular weight is 374 g/mol. The Labute approximate surface area is 155 Å². The third-order valence-corrected chi connectivity index (χ3v) is 4.00. The molecule has 26 heavy (non-hydrogen) atoms. The van der Waals surface area contributed by atoms with Crippen LogP contribution >= 0.6 is 11.6 Å². The number of benzene rings is 2. The summed E-state index contributed by atoms with van der Waals surface area (Å²) in [4.78, 5) is 12.6.